The van der Waals surface area contributed by atoms with Crippen molar-refractivity contribution < 1.29 is 4.74 Å². The van der Waals surface area contributed by atoms with Crippen LogP contribution in [0.3, 0.4) is 0 Å². The quantitative estimate of drug-likeness (QED) is 0.451. The summed E-state index contributed by atoms with van der Waals surface area (Å²) in [6, 6.07) is 21.1. The van der Waals surface area contributed by atoms with Gasteiger partial charge in [0.2, 0.25) is 0 Å². The van der Waals surface area contributed by atoms with Gasteiger partial charge in [-0.1, -0.05) is 30.3 Å². The van der Waals surface area contributed by atoms with Crippen LogP contribution in [-0.2, 0) is 0 Å². The molecule has 5 nitrogen and oxygen atoms in total. The number of anilines is 1. The number of aromatic nitrogens is 3. The standard InChI is InChI=1S/C24H26N4O/c1-16(2)28-22(19-10-12-20(29-4)13-11-19)14-21-23(25-15-26-24(21)28)27-17(3)18-8-6-5-7-9-18/h5-17H,1-4H3,(H,25,26,27)/t17-/m0/s1. The average molecular weight is 386 g/mol. The fraction of sp³-hybridized carbons (Fsp3) is 0.250. The molecular weight excluding hydrogens is 360 g/mol. The highest BCUT2D eigenvalue weighted by atomic mass is 16.5. The fourth-order valence-corrected chi connectivity index (χ4v) is 3.68. The largest absolute Gasteiger partial charge is 0.497 e. The van der Waals surface area contributed by atoms with Gasteiger partial charge in [-0.05, 0) is 62.2 Å². The van der Waals surface area contributed by atoms with E-state index >= 15 is 0 Å². The van der Waals surface area contributed by atoms with Crippen molar-refractivity contribution in [3.63, 3.8) is 0 Å². The zero-order valence-corrected chi connectivity index (χ0v) is 17.3. The second kappa shape index (κ2) is 7.95. The van der Waals surface area contributed by atoms with Crippen molar-refractivity contribution in [2.24, 2.45) is 0 Å². The zero-order chi connectivity index (χ0) is 20.4. The molecule has 1 N–H and O–H groups in total. The Morgan fingerprint density at radius 2 is 1.66 bits per heavy atom. The predicted octanol–water partition coefficient (Wildman–Crippen LogP) is 5.86. The highest BCUT2D eigenvalue weighted by molar-refractivity contribution is 5.92. The van der Waals surface area contributed by atoms with Gasteiger partial charge in [-0.2, -0.15) is 0 Å². The van der Waals surface area contributed by atoms with E-state index < -0.39 is 0 Å². The summed E-state index contributed by atoms with van der Waals surface area (Å²) in [6.45, 7) is 6.50. The van der Waals surface area contributed by atoms with E-state index in [1.54, 1.807) is 13.4 Å². The molecular formula is C24H26N4O. The van der Waals surface area contributed by atoms with Crippen LogP contribution in [0, 0.1) is 0 Å². The van der Waals surface area contributed by atoms with Crippen LogP contribution >= 0.6 is 0 Å². The van der Waals surface area contributed by atoms with Gasteiger partial charge in [0, 0.05) is 12.1 Å². The van der Waals surface area contributed by atoms with Crippen LogP contribution in [0.15, 0.2) is 67.0 Å². The topological polar surface area (TPSA) is 52.0 Å². The molecule has 0 saturated heterocycles. The molecule has 2 aromatic heterocycles. The monoisotopic (exact) mass is 386 g/mol. The molecule has 0 spiro atoms. The van der Waals surface area contributed by atoms with Crippen LogP contribution in [0.4, 0.5) is 5.82 Å². The van der Waals surface area contributed by atoms with E-state index in [1.807, 2.05) is 18.2 Å². The highest BCUT2D eigenvalue weighted by Gasteiger charge is 2.18. The molecule has 0 radical (unpaired) electrons. The Morgan fingerprint density at radius 1 is 0.931 bits per heavy atom. The molecule has 148 valence electrons. The molecule has 0 aliphatic rings. The predicted molar refractivity (Wildman–Crippen MR) is 118 cm³/mol. The van der Waals surface area contributed by atoms with Gasteiger partial charge in [0.05, 0.1) is 18.2 Å². The molecule has 0 bridgehead atoms. The van der Waals surface area contributed by atoms with E-state index in [1.165, 1.54) is 5.56 Å². The summed E-state index contributed by atoms with van der Waals surface area (Å²) in [6.07, 6.45) is 1.64. The van der Waals surface area contributed by atoms with Crippen LogP contribution in [0.2, 0.25) is 0 Å². The molecule has 2 aromatic carbocycles. The van der Waals surface area contributed by atoms with E-state index in [9.17, 15) is 0 Å². The van der Waals surface area contributed by atoms with Gasteiger partial charge in [-0.25, -0.2) is 9.97 Å². The molecule has 2 heterocycles. The number of rotatable bonds is 6. The third-order valence-electron chi connectivity index (χ3n) is 5.19. The molecule has 1 atom stereocenters. The lowest BCUT2D eigenvalue weighted by Gasteiger charge is -2.16. The van der Waals surface area contributed by atoms with Crippen molar-refractivity contribution in [2.45, 2.75) is 32.9 Å². The Labute approximate surface area is 171 Å². The number of hydrogen-bond acceptors (Lipinski definition) is 4. The molecule has 0 unspecified atom stereocenters. The van der Waals surface area contributed by atoms with E-state index in [0.717, 1.165) is 33.9 Å². The van der Waals surface area contributed by atoms with Crippen molar-refractivity contribution in [3.05, 3.63) is 72.6 Å². The maximum Gasteiger partial charge on any atom is 0.146 e. The van der Waals surface area contributed by atoms with E-state index in [4.69, 9.17) is 4.74 Å². The lowest BCUT2D eigenvalue weighted by Crippen LogP contribution is -2.09. The highest BCUT2D eigenvalue weighted by Crippen LogP contribution is 2.34. The minimum Gasteiger partial charge on any atom is -0.497 e. The van der Waals surface area contributed by atoms with Crippen molar-refractivity contribution in [3.8, 4) is 17.0 Å². The summed E-state index contributed by atoms with van der Waals surface area (Å²) in [5, 5.41) is 4.59. The minimum absolute atomic E-state index is 0.140. The number of benzene rings is 2. The van der Waals surface area contributed by atoms with Crippen LogP contribution in [-0.4, -0.2) is 21.6 Å². The molecule has 29 heavy (non-hydrogen) atoms. The normalized spacial score (nSPS) is 12.3. The molecule has 4 rings (SSSR count). The van der Waals surface area contributed by atoms with E-state index in [-0.39, 0.29) is 12.1 Å². The number of nitrogens with zero attached hydrogens (tertiary/aromatic N) is 3. The molecule has 0 aliphatic heterocycles. The maximum atomic E-state index is 5.31. The van der Waals surface area contributed by atoms with Crippen molar-refractivity contribution in [1.82, 2.24) is 14.5 Å². The third kappa shape index (κ3) is 3.68. The van der Waals surface area contributed by atoms with Gasteiger partial charge >= 0.3 is 0 Å². The maximum absolute atomic E-state index is 5.31. The number of ether oxygens (including phenoxy) is 1. The molecule has 0 saturated carbocycles. The smallest absolute Gasteiger partial charge is 0.146 e. The zero-order valence-electron chi connectivity index (χ0n) is 17.3. The van der Waals surface area contributed by atoms with Gasteiger partial charge in [0.25, 0.3) is 0 Å². The molecule has 0 amide bonds. The van der Waals surface area contributed by atoms with E-state index in [2.05, 4.69) is 83.1 Å². The Kier molecular flexibility index (Phi) is 5.21. The molecule has 5 heteroatoms. The molecule has 4 aromatic rings. The van der Waals surface area contributed by atoms with Crippen molar-refractivity contribution in [1.29, 1.82) is 0 Å². The minimum atomic E-state index is 0.140. The van der Waals surface area contributed by atoms with Gasteiger partial charge in [0.1, 0.15) is 23.5 Å². The molecule has 0 aliphatic carbocycles. The number of fused-ring (bicyclic) bond motifs is 1. The summed E-state index contributed by atoms with van der Waals surface area (Å²) in [4.78, 5) is 9.16. The van der Waals surface area contributed by atoms with Crippen LogP contribution in [0.1, 0.15) is 38.4 Å². The Bertz CT molecular complexity index is 1100. The first-order chi connectivity index (χ1) is 14.1. The first-order valence-electron chi connectivity index (χ1n) is 9.90. The van der Waals surface area contributed by atoms with Crippen LogP contribution < -0.4 is 10.1 Å². The van der Waals surface area contributed by atoms with Crippen LogP contribution in [0.25, 0.3) is 22.3 Å². The lowest BCUT2D eigenvalue weighted by molar-refractivity contribution is 0.415. The summed E-state index contributed by atoms with van der Waals surface area (Å²) in [5.74, 6) is 1.69. The van der Waals surface area contributed by atoms with Gasteiger partial charge < -0.3 is 14.6 Å². The van der Waals surface area contributed by atoms with Crippen molar-refractivity contribution >= 4 is 16.9 Å². The average Bonchev–Trinajstić information content (AvgIpc) is 3.15. The van der Waals surface area contributed by atoms with E-state index in [0.29, 0.717) is 0 Å². The molecule has 0 fully saturated rings. The number of hydrogen-bond donors (Lipinski definition) is 1. The Hall–Kier alpha value is -3.34. The third-order valence-corrected chi connectivity index (χ3v) is 5.19. The second-order valence-electron chi connectivity index (χ2n) is 7.46. The Morgan fingerprint density at radius 3 is 2.31 bits per heavy atom. The Balaban J connectivity index is 1.79. The second-order valence-corrected chi connectivity index (χ2v) is 7.46. The van der Waals surface area contributed by atoms with Crippen LogP contribution in [0.5, 0.6) is 5.75 Å². The van der Waals surface area contributed by atoms with Crippen molar-refractivity contribution in [2.75, 3.05) is 12.4 Å². The van der Waals surface area contributed by atoms with Gasteiger partial charge in [-0.15, -0.1) is 0 Å². The first kappa shape index (κ1) is 19.0. The SMILES string of the molecule is COc1ccc(-c2cc3c(N[C@@H](C)c4ccccc4)ncnc3n2C(C)C)cc1. The lowest BCUT2D eigenvalue weighted by atomic mass is 10.1. The number of nitrogens with one attached hydrogen (secondary N) is 1. The first-order valence-corrected chi connectivity index (χ1v) is 9.90. The summed E-state index contributed by atoms with van der Waals surface area (Å²) in [7, 11) is 1.68. The van der Waals surface area contributed by atoms with Gasteiger partial charge in [-0.3, -0.25) is 0 Å². The summed E-state index contributed by atoms with van der Waals surface area (Å²) in [5.41, 5.74) is 4.40. The van der Waals surface area contributed by atoms with Gasteiger partial charge in [0.15, 0.2) is 0 Å². The fourth-order valence-electron chi connectivity index (χ4n) is 3.68. The number of methoxy groups -OCH3 is 1. The summed E-state index contributed by atoms with van der Waals surface area (Å²) >= 11 is 0. The summed E-state index contributed by atoms with van der Waals surface area (Å²) < 4.78 is 7.57.